The van der Waals surface area contributed by atoms with E-state index in [1.165, 1.54) is 11.7 Å². The Labute approximate surface area is 104 Å². The summed E-state index contributed by atoms with van der Waals surface area (Å²) in [5, 5.41) is 18.9. The highest BCUT2D eigenvalue weighted by molar-refractivity contribution is 6.00. The minimum atomic E-state index is -1.04. The Kier molecular flexibility index (Phi) is 2.94. The summed E-state index contributed by atoms with van der Waals surface area (Å²) < 4.78 is 6.72. The summed E-state index contributed by atoms with van der Waals surface area (Å²) in [4.78, 5) is 11.3. The number of methoxy groups -OCH3 is 1. The van der Waals surface area contributed by atoms with Crippen LogP contribution in [-0.2, 0) is 6.54 Å². The molecule has 1 N–H and O–H groups in total. The average molecular weight is 244 g/mol. The van der Waals surface area contributed by atoms with E-state index in [0.29, 0.717) is 16.8 Å². The van der Waals surface area contributed by atoms with Crippen molar-refractivity contribution in [2.24, 2.45) is 0 Å². The number of hydrogen-bond donors (Lipinski definition) is 1. The molecule has 0 fully saturated rings. The van der Waals surface area contributed by atoms with Crippen LogP contribution in [-0.4, -0.2) is 22.8 Å². The lowest BCUT2D eigenvalue weighted by molar-refractivity contribution is 0.0685. The first-order valence-corrected chi connectivity index (χ1v) is 5.37. The van der Waals surface area contributed by atoms with Crippen LogP contribution in [0.3, 0.4) is 0 Å². The molecule has 0 aliphatic heterocycles. The van der Waals surface area contributed by atoms with E-state index in [-0.39, 0.29) is 12.2 Å². The van der Waals surface area contributed by atoms with Gasteiger partial charge in [-0.3, -0.25) is 0 Å². The van der Waals surface area contributed by atoms with Crippen LogP contribution in [0.4, 0.5) is 0 Å². The normalized spacial score (nSPS) is 10.3. The minimum Gasteiger partial charge on any atom is -0.495 e. The van der Waals surface area contributed by atoms with Crippen LogP contribution < -0.4 is 4.74 Å². The second kappa shape index (κ2) is 4.41. The number of benzene rings is 1. The van der Waals surface area contributed by atoms with E-state index in [1.54, 1.807) is 19.1 Å². The van der Waals surface area contributed by atoms with Gasteiger partial charge in [0, 0.05) is 5.39 Å². The third kappa shape index (κ3) is 1.59. The Morgan fingerprint density at radius 1 is 1.56 bits per heavy atom. The molecule has 0 radical (unpaired) electrons. The highest BCUT2D eigenvalue weighted by Crippen LogP contribution is 2.32. The molecular weight excluding hydrogens is 232 g/mol. The summed E-state index contributed by atoms with van der Waals surface area (Å²) in [7, 11) is 1.52. The van der Waals surface area contributed by atoms with Gasteiger partial charge in [-0.15, -0.1) is 0 Å². The number of para-hydroxylation sites is 1. The number of carboxylic acid groups (broad SMARTS) is 1. The quantitative estimate of drug-likeness (QED) is 0.897. The Balaban J connectivity index is 2.93. The SMILES string of the molecule is COc1cccc2c(C)c(C(=O)O)n(CC#N)c12. The zero-order valence-corrected chi connectivity index (χ0v) is 10.1. The van der Waals surface area contributed by atoms with Crippen LogP contribution in [0, 0.1) is 18.3 Å². The summed E-state index contributed by atoms with van der Waals surface area (Å²) in [6.45, 7) is 1.71. The maximum atomic E-state index is 11.3. The molecule has 2 aromatic rings. The number of aromatic nitrogens is 1. The number of carbonyl (C=O) groups is 1. The number of aryl methyl sites for hydroxylation is 1. The molecule has 0 saturated carbocycles. The number of hydrogen-bond acceptors (Lipinski definition) is 3. The Morgan fingerprint density at radius 2 is 2.28 bits per heavy atom. The summed E-state index contributed by atoms with van der Waals surface area (Å²) in [6.07, 6.45) is 0. The van der Waals surface area contributed by atoms with Crippen molar-refractivity contribution in [2.45, 2.75) is 13.5 Å². The topological polar surface area (TPSA) is 75.2 Å². The third-order valence-electron chi connectivity index (χ3n) is 2.95. The van der Waals surface area contributed by atoms with Crippen LogP contribution in [0.2, 0.25) is 0 Å². The van der Waals surface area contributed by atoms with Gasteiger partial charge in [0.25, 0.3) is 0 Å². The average Bonchev–Trinajstić information content (AvgIpc) is 2.63. The van der Waals surface area contributed by atoms with Gasteiger partial charge in [-0.2, -0.15) is 5.26 Å². The molecule has 0 bridgehead atoms. The summed E-state index contributed by atoms with van der Waals surface area (Å²) in [5.41, 5.74) is 1.43. The standard InChI is InChI=1S/C13H12N2O3/c1-8-9-4-3-5-10(18-2)12(9)15(7-6-14)11(8)13(16)17/h3-5H,7H2,1-2H3,(H,16,17). The predicted octanol–water partition coefficient (Wildman–Crippen LogP) is 2.18. The van der Waals surface area contributed by atoms with Crippen LogP contribution in [0.1, 0.15) is 16.1 Å². The molecule has 0 aliphatic carbocycles. The van der Waals surface area contributed by atoms with Gasteiger partial charge in [-0.25, -0.2) is 4.79 Å². The number of fused-ring (bicyclic) bond motifs is 1. The van der Waals surface area contributed by atoms with Crippen molar-refractivity contribution < 1.29 is 14.6 Å². The van der Waals surface area contributed by atoms with Crippen molar-refractivity contribution in [3.63, 3.8) is 0 Å². The molecule has 1 aromatic carbocycles. The maximum absolute atomic E-state index is 11.3. The third-order valence-corrected chi connectivity index (χ3v) is 2.95. The fourth-order valence-corrected chi connectivity index (χ4v) is 2.21. The minimum absolute atomic E-state index is 0.0215. The van der Waals surface area contributed by atoms with Gasteiger partial charge in [-0.1, -0.05) is 12.1 Å². The number of nitrogens with zero attached hydrogens (tertiary/aromatic N) is 2. The van der Waals surface area contributed by atoms with Crippen molar-refractivity contribution in [3.05, 3.63) is 29.5 Å². The van der Waals surface area contributed by atoms with Gasteiger partial charge < -0.3 is 14.4 Å². The van der Waals surface area contributed by atoms with E-state index >= 15 is 0 Å². The van der Waals surface area contributed by atoms with Gasteiger partial charge in [0.2, 0.25) is 0 Å². The molecule has 0 spiro atoms. The first-order valence-electron chi connectivity index (χ1n) is 5.37. The number of nitriles is 1. The van der Waals surface area contributed by atoms with Gasteiger partial charge in [0.1, 0.15) is 18.0 Å². The monoisotopic (exact) mass is 244 g/mol. The zero-order chi connectivity index (χ0) is 13.3. The largest absolute Gasteiger partial charge is 0.495 e. The number of ether oxygens (including phenoxy) is 1. The first kappa shape index (κ1) is 12.0. The molecule has 1 heterocycles. The van der Waals surface area contributed by atoms with E-state index in [9.17, 15) is 9.90 Å². The van der Waals surface area contributed by atoms with Crippen molar-refractivity contribution in [1.29, 1.82) is 5.26 Å². The second-order valence-corrected chi connectivity index (χ2v) is 3.88. The molecule has 0 unspecified atom stereocenters. The molecular formula is C13H12N2O3. The molecule has 18 heavy (non-hydrogen) atoms. The predicted molar refractivity (Wildman–Crippen MR) is 65.8 cm³/mol. The van der Waals surface area contributed by atoms with E-state index < -0.39 is 5.97 Å². The summed E-state index contributed by atoms with van der Waals surface area (Å²) >= 11 is 0. The summed E-state index contributed by atoms with van der Waals surface area (Å²) in [5.74, 6) is -0.473. The van der Waals surface area contributed by atoms with Crippen LogP contribution in [0.15, 0.2) is 18.2 Å². The molecule has 92 valence electrons. The van der Waals surface area contributed by atoms with Gasteiger partial charge in [-0.05, 0) is 18.6 Å². The molecule has 2 rings (SSSR count). The lowest BCUT2D eigenvalue weighted by Crippen LogP contribution is -2.09. The number of aromatic carboxylic acids is 1. The molecule has 0 amide bonds. The van der Waals surface area contributed by atoms with Crippen LogP contribution in [0.5, 0.6) is 5.75 Å². The molecule has 0 saturated heterocycles. The second-order valence-electron chi connectivity index (χ2n) is 3.88. The summed E-state index contributed by atoms with van der Waals surface area (Å²) in [6, 6.07) is 7.36. The molecule has 0 atom stereocenters. The molecule has 0 aliphatic rings. The van der Waals surface area contributed by atoms with E-state index in [4.69, 9.17) is 10.00 Å². The zero-order valence-electron chi connectivity index (χ0n) is 10.1. The van der Waals surface area contributed by atoms with E-state index in [1.807, 2.05) is 12.1 Å². The van der Waals surface area contributed by atoms with Crippen molar-refractivity contribution >= 4 is 16.9 Å². The highest BCUT2D eigenvalue weighted by atomic mass is 16.5. The van der Waals surface area contributed by atoms with Gasteiger partial charge in [0.15, 0.2) is 0 Å². The molecule has 5 heteroatoms. The molecule has 5 nitrogen and oxygen atoms in total. The smallest absolute Gasteiger partial charge is 0.352 e. The number of carboxylic acids is 1. The van der Waals surface area contributed by atoms with Crippen LogP contribution in [0.25, 0.3) is 10.9 Å². The Bertz CT molecular complexity index is 665. The van der Waals surface area contributed by atoms with E-state index in [2.05, 4.69) is 0 Å². The first-order chi connectivity index (χ1) is 8.61. The Morgan fingerprint density at radius 3 is 2.83 bits per heavy atom. The van der Waals surface area contributed by atoms with Crippen molar-refractivity contribution in [3.8, 4) is 11.8 Å². The lowest BCUT2D eigenvalue weighted by Gasteiger charge is -2.06. The van der Waals surface area contributed by atoms with Gasteiger partial charge >= 0.3 is 5.97 Å². The fourth-order valence-electron chi connectivity index (χ4n) is 2.21. The van der Waals surface area contributed by atoms with Crippen LogP contribution >= 0.6 is 0 Å². The van der Waals surface area contributed by atoms with Crippen molar-refractivity contribution in [2.75, 3.05) is 7.11 Å². The highest BCUT2D eigenvalue weighted by Gasteiger charge is 2.21. The van der Waals surface area contributed by atoms with Crippen molar-refractivity contribution in [1.82, 2.24) is 4.57 Å². The maximum Gasteiger partial charge on any atom is 0.352 e. The fraction of sp³-hybridized carbons (Fsp3) is 0.231. The molecule has 1 aromatic heterocycles. The lowest BCUT2D eigenvalue weighted by atomic mass is 10.1. The Hall–Kier alpha value is -2.48. The van der Waals surface area contributed by atoms with E-state index in [0.717, 1.165) is 5.39 Å². The van der Waals surface area contributed by atoms with Gasteiger partial charge in [0.05, 0.1) is 18.7 Å². The number of rotatable bonds is 3.